The van der Waals surface area contributed by atoms with Crippen LogP contribution < -0.4 is 0 Å². The number of carbonyl (C=O) groups is 1. The first-order chi connectivity index (χ1) is 11.5. The third kappa shape index (κ3) is 3.37. The molecule has 1 aromatic heterocycles. The van der Waals surface area contributed by atoms with Crippen molar-refractivity contribution in [3.8, 4) is 0 Å². The highest BCUT2D eigenvalue weighted by atomic mass is 35.5. The van der Waals surface area contributed by atoms with Crippen molar-refractivity contribution < 1.29 is 9.18 Å². The van der Waals surface area contributed by atoms with Gasteiger partial charge in [-0.05, 0) is 56.3 Å². The van der Waals surface area contributed by atoms with Crippen LogP contribution in [0.25, 0.3) is 0 Å². The second kappa shape index (κ2) is 6.79. The molecule has 2 aromatic carbocycles. The van der Waals surface area contributed by atoms with Gasteiger partial charge in [0.15, 0.2) is 0 Å². The summed E-state index contributed by atoms with van der Waals surface area (Å²) in [6, 6.07) is 13.0. The summed E-state index contributed by atoms with van der Waals surface area (Å²) in [6.45, 7) is 3.69. The standard InChI is InChI=1S/C18H14ClFN2OS/c1-11-17(24-16-8-6-15(20)7-9-16)12(2)22(21-11)18(23)13-4-3-5-14(19)10-13/h3-10H,1-2H3. The predicted octanol–water partition coefficient (Wildman–Crippen LogP) is 5.13. The van der Waals surface area contributed by atoms with Gasteiger partial charge in [0, 0.05) is 15.5 Å². The van der Waals surface area contributed by atoms with E-state index < -0.39 is 0 Å². The van der Waals surface area contributed by atoms with E-state index >= 15 is 0 Å². The van der Waals surface area contributed by atoms with Crippen LogP contribution in [0.1, 0.15) is 21.7 Å². The van der Waals surface area contributed by atoms with Gasteiger partial charge >= 0.3 is 0 Å². The van der Waals surface area contributed by atoms with Gasteiger partial charge in [0.2, 0.25) is 0 Å². The number of benzene rings is 2. The number of hydrogen-bond donors (Lipinski definition) is 0. The lowest BCUT2D eigenvalue weighted by atomic mass is 10.2. The first-order valence-corrected chi connectivity index (χ1v) is 8.45. The third-order valence-electron chi connectivity index (χ3n) is 3.52. The number of nitrogens with zero attached hydrogens (tertiary/aromatic N) is 2. The molecule has 0 amide bonds. The molecule has 3 nitrogen and oxygen atoms in total. The number of rotatable bonds is 3. The van der Waals surface area contributed by atoms with Crippen molar-refractivity contribution in [1.82, 2.24) is 9.78 Å². The minimum absolute atomic E-state index is 0.232. The van der Waals surface area contributed by atoms with Crippen LogP contribution in [0.15, 0.2) is 58.3 Å². The molecule has 0 fully saturated rings. The maximum Gasteiger partial charge on any atom is 0.278 e. The van der Waals surface area contributed by atoms with Crippen LogP contribution in [0.3, 0.4) is 0 Å². The molecule has 1 heterocycles. The Balaban J connectivity index is 1.94. The molecular weight excluding hydrogens is 347 g/mol. The van der Waals surface area contributed by atoms with E-state index in [-0.39, 0.29) is 11.7 Å². The van der Waals surface area contributed by atoms with Crippen LogP contribution in [0.4, 0.5) is 4.39 Å². The molecule has 24 heavy (non-hydrogen) atoms. The highest BCUT2D eigenvalue weighted by Gasteiger charge is 2.19. The largest absolute Gasteiger partial charge is 0.278 e. The SMILES string of the molecule is Cc1nn(C(=O)c2cccc(Cl)c2)c(C)c1Sc1ccc(F)cc1. The van der Waals surface area contributed by atoms with Crippen LogP contribution in [0.5, 0.6) is 0 Å². The lowest BCUT2D eigenvalue weighted by Gasteiger charge is -2.05. The summed E-state index contributed by atoms with van der Waals surface area (Å²) in [7, 11) is 0. The fourth-order valence-corrected chi connectivity index (χ4v) is 3.46. The fraction of sp³-hybridized carbons (Fsp3) is 0.111. The molecule has 122 valence electrons. The van der Waals surface area contributed by atoms with E-state index in [1.807, 2.05) is 13.8 Å². The molecular formula is C18H14ClFN2OS. The molecule has 0 aliphatic rings. The summed E-state index contributed by atoms with van der Waals surface area (Å²) in [5.74, 6) is -0.510. The Labute approximate surface area is 148 Å². The molecule has 3 rings (SSSR count). The van der Waals surface area contributed by atoms with Gasteiger partial charge in [-0.3, -0.25) is 4.79 Å². The number of aromatic nitrogens is 2. The van der Waals surface area contributed by atoms with Gasteiger partial charge < -0.3 is 0 Å². The van der Waals surface area contributed by atoms with Gasteiger partial charge in [-0.2, -0.15) is 9.78 Å². The summed E-state index contributed by atoms with van der Waals surface area (Å²) in [5.41, 5.74) is 1.97. The zero-order valence-electron chi connectivity index (χ0n) is 13.1. The van der Waals surface area contributed by atoms with E-state index in [0.29, 0.717) is 10.6 Å². The van der Waals surface area contributed by atoms with Crippen LogP contribution in [0, 0.1) is 19.7 Å². The molecule has 0 saturated carbocycles. The minimum Gasteiger partial charge on any atom is -0.267 e. The van der Waals surface area contributed by atoms with Crippen LogP contribution in [0.2, 0.25) is 5.02 Å². The van der Waals surface area contributed by atoms with Crippen LogP contribution >= 0.6 is 23.4 Å². The van der Waals surface area contributed by atoms with Crippen LogP contribution in [-0.4, -0.2) is 15.7 Å². The average Bonchev–Trinajstić information content (AvgIpc) is 2.84. The molecule has 6 heteroatoms. The molecule has 0 bridgehead atoms. The number of aryl methyl sites for hydroxylation is 1. The van der Waals surface area contributed by atoms with Gasteiger partial charge in [-0.1, -0.05) is 29.4 Å². The summed E-state index contributed by atoms with van der Waals surface area (Å²) in [5, 5.41) is 4.86. The van der Waals surface area contributed by atoms with Gasteiger partial charge in [0.25, 0.3) is 5.91 Å². The van der Waals surface area contributed by atoms with E-state index in [1.54, 1.807) is 36.4 Å². The van der Waals surface area contributed by atoms with E-state index in [9.17, 15) is 9.18 Å². The Hall–Kier alpha value is -2.11. The topological polar surface area (TPSA) is 34.9 Å². The van der Waals surface area contributed by atoms with Gasteiger partial charge in [-0.25, -0.2) is 4.39 Å². The number of carbonyl (C=O) groups excluding carboxylic acids is 1. The molecule has 0 aliphatic heterocycles. The zero-order valence-corrected chi connectivity index (χ0v) is 14.7. The van der Waals surface area contributed by atoms with Crippen molar-refractivity contribution >= 4 is 29.3 Å². The zero-order chi connectivity index (χ0) is 17.3. The second-order valence-electron chi connectivity index (χ2n) is 5.28. The molecule has 0 spiro atoms. The van der Waals surface area contributed by atoms with Gasteiger partial charge in [-0.15, -0.1) is 0 Å². The van der Waals surface area contributed by atoms with Crippen molar-refractivity contribution in [2.45, 2.75) is 23.6 Å². The monoisotopic (exact) mass is 360 g/mol. The van der Waals surface area contributed by atoms with Crippen LogP contribution in [-0.2, 0) is 0 Å². The second-order valence-corrected chi connectivity index (χ2v) is 6.80. The van der Waals surface area contributed by atoms with E-state index in [0.717, 1.165) is 21.2 Å². The highest BCUT2D eigenvalue weighted by Crippen LogP contribution is 2.33. The Kier molecular flexibility index (Phi) is 4.73. The summed E-state index contributed by atoms with van der Waals surface area (Å²) in [4.78, 5) is 14.4. The van der Waals surface area contributed by atoms with Crippen molar-refractivity contribution in [3.63, 3.8) is 0 Å². The molecule has 0 atom stereocenters. The molecule has 3 aromatic rings. The molecule has 0 radical (unpaired) electrons. The van der Waals surface area contributed by atoms with Crippen molar-refractivity contribution in [3.05, 3.63) is 76.3 Å². The Bertz CT molecular complexity index is 906. The van der Waals surface area contributed by atoms with Crippen molar-refractivity contribution in [2.24, 2.45) is 0 Å². The van der Waals surface area contributed by atoms with Crippen molar-refractivity contribution in [1.29, 1.82) is 0 Å². The van der Waals surface area contributed by atoms with E-state index in [4.69, 9.17) is 11.6 Å². The Morgan fingerprint density at radius 3 is 2.54 bits per heavy atom. The summed E-state index contributed by atoms with van der Waals surface area (Å²) < 4.78 is 14.4. The lowest BCUT2D eigenvalue weighted by Crippen LogP contribution is -2.15. The average molecular weight is 361 g/mol. The normalized spacial score (nSPS) is 10.8. The molecule has 0 saturated heterocycles. The maximum absolute atomic E-state index is 13.0. The predicted molar refractivity (Wildman–Crippen MR) is 93.4 cm³/mol. The third-order valence-corrected chi connectivity index (χ3v) is 5.06. The Morgan fingerprint density at radius 2 is 1.88 bits per heavy atom. The minimum atomic E-state index is -0.278. The fourth-order valence-electron chi connectivity index (χ4n) is 2.34. The smallest absolute Gasteiger partial charge is 0.267 e. The van der Waals surface area contributed by atoms with E-state index in [2.05, 4.69) is 5.10 Å². The molecule has 0 aliphatic carbocycles. The molecule has 0 N–H and O–H groups in total. The highest BCUT2D eigenvalue weighted by molar-refractivity contribution is 7.99. The Morgan fingerprint density at radius 1 is 1.17 bits per heavy atom. The summed E-state index contributed by atoms with van der Waals surface area (Å²) >= 11 is 7.41. The maximum atomic E-state index is 13.0. The lowest BCUT2D eigenvalue weighted by molar-refractivity contribution is 0.0942. The quantitative estimate of drug-likeness (QED) is 0.649. The summed E-state index contributed by atoms with van der Waals surface area (Å²) in [6.07, 6.45) is 0. The van der Waals surface area contributed by atoms with Crippen molar-refractivity contribution in [2.75, 3.05) is 0 Å². The van der Waals surface area contributed by atoms with E-state index in [1.165, 1.54) is 28.6 Å². The van der Waals surface area contributed by atoms with Gasteiger partial charge in [0.05, 0.1) is 16.3 Å². The molecule has 0 unspecified atom stereocenters. The number of halogens is 2. The number of hydrogen-bond acceptors (Lipinski definition) is 3. The first kappa shape index (κ1) is 16.7. The first-order valence-electron chi connectivity index (χ1n) is 7.25. The van der Waals surface area contributed by atoms with Gasteiger partial charge in [0.1, 0.15) is 5.82 Å².